The quantitative estimate of drug-likeness (QED) is 0.849. The van der Waals surface area contributed by atoms with Crippen LogP contribution in [0.5, 0.6) is 0 Å². The predicted molar refractivity (Wildman–Crippen MR) is 81.8 cm³/mol. The maximum Gasteiger partial charge on any atom is 0.279 e. The van der Waals surface area contributed by atoms with E-state index >= 15 is 0 Å². The van der Waals surface area contributed by atoms with Gasteiger partial charge in [-0.25, -0.2) is 0 Å². The van der Waals surface area contributed by atoms with Crippen LogP contribution in [0, 0.1) is 0 Å². The lowest BCUT2D eigenvalue weighted by Gasteiger charge is -2.20. The number of hydrogen-bond acceptors (Lipinski definition) is 2. The number of benzene rings is 1. The van der Waals surface area contributed by atoms with Crippen LogP contribution in [0.2, 0.25) is 0 Å². The molecule has 0 amide bonds. The SMILES string of the molecule is O=S(=O)(NCc1cccc(CCl)c1)N1CCCCCC1. The van der Waals surface area contributed by atoms with Crippen molar-refractivity contribution in [2.45, 2.75) is 38.1 Å². The van der Waals surface area contributed by atoms with Crippen LogP contribution in [-0.4, -0.2) is 25.8 Å². The molecule has 2 rings (SSSR count). The van der Waals surface area contributed by atoms with Gasteiger partial charge in [0, 0.05) is 25.5 Å². The highest BCUT2D eigenvalue weighted by Crippen LogP contribution is 2.13. The fourth-order valence-corrected chi connectivity index (χ4v) is 3.81. The number of hydrogen-bond donors (Lipinski definition) is 1. The largest absolute Gasteiger partial charge is 0.279 e. The molecular weight excluding hydrogens is 296 g/mol. The molecule has 0 spiro atoms. The Kier molecular flexibility index (Phi) is 5.84. The summed E-state index contributed by atoms with van der Waals surface area (Å²) in [5, 5.41) is 0. The first-order chi connectivity index (χ1) is 9.62. The molecule has 0 radical (unpaired) electrons. The van der Waals surface area contributed by atoms with E-state index in [1.807, 2.05) is 24.3 Å². The van der Waals surface area contributed by atoms with Gasteiger partial charge in [0.1, 0.15) is 0 Å². The van der Waals surface area contributed by atoms with Crippen molar-refractivity contribution in [3.8, 4) is 0 Å². The molecule has 4 nitrogen and oxygen atoms in total. The second-order valence-electron chi connectivity index (χ2n) is 5.09. The highest BCUT2D eigenvalue weighted by Gasteiger charge is 2.22. The third-order valence-corrected chi connectivity index (χ3v) is 5.37. The molecule has 1 aromatic carbocycles. The minimum Gasteiger partial charge on any atom is -0.198 e. The van der Waals surface area contributed by atoms with Crippen LogP contribution in [-0.2, 0) is 22.6 Å². The first kappa shape index (κ1) is 15.8. The van der Waals surface area contributed by atoms with Crippen molar-refractivity contribution in [1.82, 2.24) is 9.03 Å². The minimum absolute atomic E-state index is 0.309. The molecule has 0 bridgehead atoms. The van der Waals surface area contributed by atoms with E-state index in [1.54, 1.807) is 4.31 Å². The van der Waals surface area contributed by atoms with E-state index in [0.717, 1.165) is 36.8 Å². The maximum absolute atomic E-state index is 12.3. The van der Waals surface area contributed by atoms with E-state index in [-0.39, 0.29) is 0 Å². The molecule has 0 saturated carbocycles. The Morgan fingerprint density at radius 3 is 2.40 bits per heavy atom. The van der Waals surface area contributed by atoms with E-state index < -0.39 is 10.2 Å². The molecular formula is C14H21ClN2O2S. The maximum atomic E-state index is 12.3. The van der Waals surface area contributed by atoms with E-state index in [9.17, 15) is 8.42 Å². The molecule has 0 atom stereocenters. The van der Waals surface area contributed by atoms with Crippen molar-refractivity contribution in [3.05, 3.63) is 35.4 Å². The van der Waals surface area contributed by atoms with Crippen molar-refractivity contribution in [2.24, 2.45) is 0 Å². The molecule has 1 fully saturated rings. The van der Waals surface area contributed by atoms with Gasteiger partial charge in [-0.2, -0.15) is 17.4 Å². The van der Waals surface area contributed by atoms with Gasteiger partial charge in [0.15, 0.2) is 0 Å². The molecule has 1 aliphatic heterocycles. The highest BCUT2D eigenvalue weighted by molar-refractivity contribution is 7.87. The first-order valence-corrected chi connectivity index (χ1v) is 8.98. The lowest BCUT2D eigenvalue weighted by molar-refractivity contribution is 0.414. The second-order valence-corrected chi connectivity index (χ2v) is 7.12. The average Bonchev–Trinajstić information content (AvgIpc) is 2.75. The molecule has 20 heavy (non-hydrogen) atoms. The molecule has 0 aliphatic carbocycles. The Bertz CT molecular complexity index is 526. The molecule has 1 saturated heterocycles. The fraction of sp³-hybridized carbons (Fsp3) is 0.571. The highest BCUT2D eigenvalue weighted by atomic mass is 35.5. The van der Waals surface area contributed by atoms with E-state index in [0.29, 0.717) is 25.5 Å². The summed E-state index contributed by atoms with van der Waals surface area (Å²) < 4.78 is 28.7. The third-order valence-electron chi connectivity index (χ3n) is 3.51. The second kappa shape index (κ2) is 7.41. The number of halogens is 1. The van der Waals surface area contributed by atoms with Gasteiger partial charge in [0.05, 0.1) is 0 Å². The first-order valence-electron chi connectivity index (χ1n) is 7.00. The minimum atomic E-state index is -3.37. The van der Waals surface area contributed by atoms with Crippen LogP contribution >= 0.6 is 11.6 Å². The number of nitrogens with one attached hydrogen (secondary N) is 1. The monoisotopic (exact) mass is 316 g/mol. The Balaban J connectivity index is 1.97. The smallest absolute Gasteiger partial charge is 0.198 e. The van der Waals surface area contributed by atoms with Crippen molar-refractivity contribution in [2.75, 3.05) is 13.1 Å². The Morgan fingerprint density at radius 1 is 1.10 bits per heavy atom. The lowest BCUT2D eigenvalue weighted by Crippen LogP contribution is -2.40. The third kappa shape index (κ3) is 4.45. The normalized spacial score (nSPS) is 17.9. The zero-order valence-electron chi connectivity index (χ0n) is 11.5. The van der Waals surface area contributed by atoms with E-state index in [1.165, 1.54) is 0 Å². The van der Waals surface area contributed by atoms with Crippen molar-refractivity contribution in [3.63, 3.8) is 0 Å². The van der Waals surface area contributed by atoms with Crippen LogP contribution < -0.4 is 4.72 Å². The van der Waals surface area contributed by atoms with Gasteiger partial charge in [-0.05, 0) is 24.0 Å². The van der Waals surface area contributed by atoms with Gasteiger partial charge in [0.25, 0.3) is 10.2 Å². The summed E-state index contributed by atoms with van der Waals surface area (Å²) in [6.07, 6.45) is 4.12. The molecule has 1 heterocycles. The molecule has 112 valence electrons. The number of rotatable bonds is 5. The van der Waals surface area contributed by atoms with E-state index in [4.69, 9.17) is 11.6 Å². The van der Waals surface area contributed by atoms with Crippen LogP contribution in [0.25, 0.3) is 0 Å². The van der Waals surface area contributed by atoms with Gasteiger partial charge in [-0.3, -0.25) is 0 Å². The summed E-state index contributed by atoms with van der Waals surface area (Å²) >= 11 is 5.78. The summed E-state index contributed by atoms with van der Waals surface area (Å²) in [6, 6.07) is 7.66. The van der Waals surface area contributed by atoms with Crippen molar-refractivity contribution >= 4 is 21.8 Å². The Hall–Kier alpha value is -0.620. The van der Waals surface area contributed by atoms with Crippen LogP contribution in [0.3, 0.4) is 0 Å². The molecule has 6 heteroatoms. The molecule has 1 aliphatic rings. The summed E-state index contributed by atoms with van der Waals surface area (Å²) in [6.45, 7) is 1.55. The van der Waals surface area contributed by atoms with E-state index in [2.05, 4.69) is 4.72 Å². The zero-order chi connectivity index (χ0) is 14.4. The van der Waals surface area contributed by atoms with Crippen molar-refractivity contribution in [1.29, 1.82) is 0 Å². The molecule has 0 unspecified atom stereocenters. The van der Waals surface area contributed by atoms with Gasteiger partial charge >= 0.3 is 0 Å². The zero-order valence-corrected chi connectivity index (χ0v) is 13.1. The Labute approximate surface area is 126 Å². The van der Waals surface area contributed by atoms with Crippen LogP contribution in [0.4, 0.5) is 0 Å². The molecule has 0 aromatic heterocycles. The summed E-state index contributed by atoms with van der Waals surface area (Å²) in [5.74, 6) is 0.437. The molecule has 1 N–H and O–H groups in total. The predicted octanol–water partition coefficient (Wildman–Crippen LogP) is 2.64. The average molecular weight is 317 g/mol. The van der Waals surface area contributed by atoms with Crippen LogP contribution in [0.1, 0.15) is 36.8 Å². The molecule has 1 aromatic rings. The summed E-state index contributed by atoms with van der Waals surface area (Å²) in [4.78, 5) is 0. The topological polar surface area (TPSA) is 49.4 Å². The van der Waals surface area contributed by atoms with Crippen LogP contribution in [0.15, 0.2) is 24.3 Å². The van der Waals surface area contributed by atoms with Gasteiger partial charge < -0.3 is 0 Å². The summed E-state index contributed by atoms with van der Waals surface area (Å²) in [5.41, 5.74) is 1.93. The van der Waals surface area contributed by atoms with Gasteiger partial charge in [0.2, 0.25) is 0 Å². The Morgan fingerprint density at radius 2 is 1.75 bits per heavy atom. The number of nitrogens with zero attached hydrogens (tertiary/aromatic N) is 1. The van der Waals surface area contributed by atoms with Gasteiger partial charge in [-0.15, -0.1) is 11.6 Å². The lowest BCUT2D eigenvalue weighted by atomic mass is 10.1. The van der Waals surface area contributed by atoms with Crippen molar-refractivity contribution < 1.29 is 8.42 Å². The standard InChI is InChI=1S/C14H21ClN2O2S/c15-11-13-6-5-7-14(10-13)12-16-20(18,19)17-8-3-1-2-4-9-17/h5-7,10,16H,1-4,8-9,11-12H2. The summed E-state index contributed by atoms with van der Waals surface area (Å²) in [7, 11) is -3.37. The number of alkyl halides is 1. The van der Waals surface area contributed by atoms with Gasteiger partial charge in [-0.1, -0.05) is 37.1 Å². The fourth-order valence-electron chi connectivity index (χ4n) is 2.37.